The summed E-state index contributed by atoms with van der Waals surface area (Å²) in [7, 11) is 2.19. The lowest BCUT2D eigenvalue weighted by Crippen LogP contribution is -2.42. The molecule has 2 atom stereocenters. The van der Waals surface area contributed by atoms with E-state index in [-0.39, 0.29) is 0 Å². The molecule has 1 aliphatic heterocycles. The van der Waals surface area contributed by atoms with Crippen LogP contribution in [0.1, 0.15) is 25.6 Å². The highest BCUT2D eigenvalue weighted by Gasteiger charge is 2.23. The van der Waals surface area contributed by atoms with Crippen LogP contribution in [0.3, 0.4) is 0 Å². The number of hydrogen-bond donors (Lipinski definition) is 1. The summed E-state index contributed by atoms with van der Waals surface area (Å²) in [6.07, 6.45) is 2.38. The summed E-state index contributed by atoms with van der Waals surface area (Å²) >= 11 is 1.46. The molecule has 5 heteroatoms. The molecule has 1 aromatic heterocycles. The van der Waals surface area contributed by atoms with Crippen LogP contribution in [0.25, 0.3) is 0 Å². The number of anilines is 1. The zero-order chi connectivity index (χ0) is 10.8. The molecule has 0 radical (unpaired) electrons. The van der Waals surface area contributed by atoms with Gasteiger partial charge in [-0.05, 0) is 33.7 Å². The van der Waals surface area contributed by atoms with Gasteiger partial charge in [0.15, 0.2) is 0 Å². The predicted octanol–water partition coefficient (Wildman–Crippen LogP) is 1.74. The Morgan fingerprint density at radius 1 is 1.53 bits per heavy atom. The van der Waals surface area contributed by atoms with Gasteiger partial charge in [-0.1, -0.05) is 0 Å². The molecular weight excluding hydrogens is 208 g/mol. The molecule has 2 rings (SSSR count). The third kappa shape index (κ3) is 2.66. The highest BCUT2D eigenvalue weighted by molar-refractivity contribution is 7.09. The van der Waals surface area contributed by atoms with Gasteiger partial charge in [-0.15, -0.1) is 0 Å². The van der Waals surface area contributed by atoms with Crippen molar-refractivity contribution in [1.29, 1.82) is 0 Å². The van der Waals surface area contributed by atoms with Crippen LogP contribution in [0, 0.1) is 6.92 Å². The molecule has 0 aromatic carbocycles. The third-order valence-electron chi connectivity index (χ3n) is 3.06. The van der Waals surface area contributed by atoms with E-state index < -0.39 is 0 Å². The SMILES string of the molecule is Cc1nsc(NC2CCN(C)C(C)C2)n1. The standard InChI is InChI=1S/C10H18N4S/c1-7-6-9(4-5-14(7)3)12-10-11-8(2)13-15-10/h7,9H,4-6H2,1-3H3,(H,11,12,13). The second-order valence-corrected chi connectivity index (χ2v) is 5.09. The Bertz CT molecular complexity index is 325. The Labute approximate surface area is 94.9 Å². The fraction of sp³-hybridized carbons (Fsp3) is 0.800. The molecule has 1 saturated heterocycles. The fourth-order valence-electron chi connectivity index (χ4n) is 1.95. The highest BCUT2D eigenvalue weighted by Crippen LogP contribution is 2.20. The van der Waals surface area contributed by atoms with E-state index >= 15 is 0 Å². The number of likely N-dealkylation sites (tertiary alicyclic amines) is 1. The molecule has 84 valence electrons. The van der Waals surface area contributed by atoms with Gasteiger partial charge < -0.3 is 10.2 Å². The van der Waals surface area contributed by atoms with Gasteiger partial charge >= 0.3 is 0 Å². The van der Waals surface area contributed by atoms with Crippen LogP contribution >= 0.6 is 11.5 Å². The van der Waals surface area contributed by atoms with Crippen LogP contribution in [-0.2, 0) is 0 Å². The first-order chi connectivity index (χ1) is 7.15. The Morgan fingerprint density at radius 3 is 2.93 bits per heavy atom. The Balaban J connectivity index is 1.90. The molecular formula is C10H18N4S. The lowest BCUT2D eigenvalue weighted by molar-refractivity contribution is 0.190. The van der Waals surface area contributed by atoms with Crippen molar-refractivity contribution >= 4 is 16.7 Å². The van der Waals surface area contributed by atoms with Crippen molar-refractivity contribution in [1.82, 2.24) is 14.3 Å². The normalized spacial score (nSPS) is 27.9. The van der Waals surface area contributed by atoms with Crippen molar-refractivity contribution in [3.05, 3.63) is 5.82 Å². The van der Waals surface area contributed by atoms with Crippen LogP contribution in [0.15, 0.2) is 0 Å². The van der Waals surface area contributed by atoms with Crippen LogP contribution in [-0.4, -0.2) is 39.9 Å². The number of hydrogen-bond acceptors (Lipinski definition) is 5. The van der Waals surface area contributed by atoms with Crippen molar-refractivity contribution in [3.8, 4) is 0 Å². The first-order valence-corrected chi connectivity index (χ1v) is 6.19. The smallest absolute Gasteiger partial charge is 0.202 e. The number of rotatable bonds is 2. The molecule has 0 amide bonds. The van der Waals surface area contributed by atoms with Gasteiger partial charge in [-0.2, -0.15) is 4.37 Å². The summed E-state index contributed by atoms with van der Waals surface area (Å²) in [4.78, 5) is 6.74. The van der Waals surface area contributed by atoms with Crippen molar-refractivity contribution in [2.24, 2.45) is 0 Å². The van der Waals surface area contributed by atoms with Gasteiger partial charge in [0.1, 0.15) is 5.82 Å². The van der Waals surface area contributed by atoms with Crippen molar-refractivity contribution in [3.63, 3.8) is 0 Å². The van der Waals surface area contributed by atoms with E-state index in [4.69, 9.17) is 0 Å². The number of aromatic nitrogens is 2. The monoisotopic (exact) mass is 226 g/mol. The number of nitrogens with zero attached hydrogens (tertiary/aromatic N) is 3. The van der Waals surface area contributed by atoms with Gasteiger partial charge in [0.25, 0.3) is 0 Å². The lowest BCUT2D eigenvalue weighted by Gasteiger charge is -2.35. The summed E-state index contributed by atoms with van der Waals surface area (Å²) in [5.74, 6) is 0.864. The van der Waals surface area contributed by atoms with Crippen LogP contribution in [0.5, 0.6) is 0 Å². The van der Waals surface area contributed by atoms with Crippen molar-refractivity contribution in [2.75, 3.05) is 18.9 Å². The van der Waals surface area contributed by atoms with Gasteiger partial charge in [0, 0.05) is 30.2 Å². The van der Waals surface area contributed by atoms with Crippen LogP contribution < -0.4 is 5.32 Å². The Morgan fingerprint density at radius 2 is 2.33 bits per heavy atom. The molecule has 1 aromatic rings. The van der Waals surface area contributed by atoms with E-state index in [9.17, 15) is 0 Å². The van der Waals surface area contributed by atoms with E-state index in [0.717, 1.165) is 17.5 Å². The zero-order valence-electron chi connectivity index (χ0n) is 9.53. The molecule has 1 fully saturated rings. The molecule has 15 heavy (non-hydrogen) atoms. The second-order valence-electron chi connectivity index (χ2n) is 4.34. The van der Waals surface area contributed by atoms with E-state index in [0.29, 0.717) is 12.1 Å². The molecule has 0 saturated carbocycles. The maximum absolute atomic E-state index is 4.33. The lowest BCUT2D eigenvalue weighted by atomic mass is 9.99. The minimum Gasteiger partial charge on any atom is -0.357 e. The molecule has 1 aliphatic rings. The highest BCUT2D eigenvalue weighted by atomic mass is 32.1. The van der Waals surface area contributed by atoms with Gasteiger partial charge in [0.05, 0.1) is 0 Å². The maximum Gasteiger partial charge on any atom is 0.202 e. The second kappa shape index (κ2) is 4.45. The summed E-state index contributed by atoms with van der Waals surface area (Å²) in [5.41, 5.74) is 0. The summed E-state index contributed by atoms with van der Waals surface area (Å²) in [6.45, 7) is 5.37. The topological polar surface area (TPSA) is 41.1 Å². The fourth-order valence-corrected chi connectivity index (χ4v) is 2.60. The minimum absolute atomic E-state index is 0.559. The summed E-state index contributed by atoms with van der Waals surface area (Å²) in [5, 5.41) is 4.44. The summed E-state index contributed by atoms with van der Waals surface area (Å²) < 4.78 is 4.17. The molecule has 2 unspecified atom stereocenters. The first-order valence-electron chi connectivity index (χ1n) is 5.42. The summed E-state index contributed by atoms with van der Waals surface area (Å²) in [6, 6.07) is 1.22. The van der Waals surface area contributed by atoms with Crippen molar-refractivity contribution < 1.29 is 0 Å². The molecule has 0 spiro atoms. The van der Waals surface area contributed by atoms with E-state index in [1.807, 2.05) is 6.92 Å². The number of piperidine rings is 1. The van der Waals surface area contributed by atoms with Crippen LogP contribution in [0.2, 0.25) is 0 Å². The zero-order valence-corrected chi connectivity index (χ0v) is 10.3. The van der Waals surface area contributed by atoms with Crippen molar-refractivity contribution in [2.45, 2.75) is 38.8 Å². The number of nitrogens with one attached hydrogen (secondary N) is 1. The number of aryl methyl sites for hydroxylation is 1. The largest absolute Gasteiger partial charge is 0.357 e. The molecule has 0 bridgehead atoms. The minimum atomic E-state index is 0.559. The molecule has 2 heterocycles. The average molecular weight is 226 g/mol. The van der Waals surface area contributed by atoms with Gasteiger partial charge in [0.2, 0.25) is 5.13 Å². The molecule has 0 aliphatic carbocycles. The maximum atomic E-state index is 4.33. The predicted molar refractivity (Wildman–Crippen MR) is 63.4 cm³/mol. The Hall–Kier alpha value is -0.680. The van der Waals surface area contributed by atoms with E-state index in [1.54, 1.807) is 0 Å². The molecule has 1 N–H and O–H groups in total. The first kappa shape index (κ1) is 10.8. The average Bonchev–Trinajstić information content (AvgIpc) is 2.58. The quantitative estimate of drug-likeness (QED) is 0.834. The molecule has 4 nitrogen and oxygen atoms in total. The van der Waals surface area contributed by atoms with Gasteiger partial charge in [-0.25, -0.2) is 4.98 Å². The van der Waals surface area contributed by atoms with E-state index in [1.165, 1.54) is 24.4 Å². The van der Waals surface area contributed by atoms with Crippen LogP contribution in [0.4, 0.5) is 5.13 Å². The third-order valence-corrected chi connectivity index (χ3v) is 3.80. The van der Waals surface area contributed by atoms with E-state index in [2.05, 4.69) is 33.5 Å². The van der Waals surface area contributed by atoms with Gasteiger partial charge in [-0.3, -0.25) is 0 Å². The Kier molecular flexibility index (Phi) is 3.21.